The third-order valence-corrected chi connectivity index (χ3v) is 1.87. The van der Waals surface area contributed by atoms with E-state index >= 15 is 0 Å². The number of ketones is 1. The van der Waals surface area contributed by atoms with Crippen molar-refractivity contribution in [2.45, 2.75) is 66.1 Å². The summed E-state index contributed by atoms with van der Waals surface area (Å²) in [5.74, 6) is -2.91. The lowest BCUT2D eigenvalue weighted by molar-refractivity contribution is -0.175. The molecular formula is C14H24O5. The fourth-order valence-corrected chi connectivity index (χ4v) is 1.30. The summed E-state index contributed by atoms with van der Waals surface area (Å²) in [6.45, 7) is 11.5. The third kappa shape index (κ3) is 8.35. The zero-order chi connectivity index (χ0) is 15.4. The highest BCUT2D eigenvalue weighted by atomic mass is 16.6. The van der Waals surface area contributed by atoms with E-state index in [0.29, 0.717) is 0 Å². The summed E-state index contributed by atoms with van der Waals surface area (Å²) in [4.78, 5) is 35.1. The van der Waals surface area contributed by atoms with Crippen LogP contribution in [-0.4, -0.2) is 28.9 Å². The monoisotopic (exact) mass is 272 g/mol. The van der Waals surface area contributed by atoms with Gasteiger partial charge in [0.05, 0.1) is 0 Å². The van der Waals surface area contributed by atoms with E-state index in [1.54, 1.807) is 41.5 Å². The minimum Gasteiger partial charge on any atom is -0.459 e. The van der Waals surface area contributed by atoms with E-state index in [4.69, 9.17) is 9.47 Å². The standard InChI is InChI=1S/C14H24O5/c1-9(15)8-10(11(16)18-13(2,3)4)12(17)19-14(5,6)7/h10H,8H2,1-7H3. The van der Waals surface area contributed by atoms with E-state index in [1.165, 1.54) is 6.92 Å². The fourth-order valence-electron chi connectivity index (χ4n) is 1.30. The van der Waals surface area contributed by atoms with Gasteiger partial charge in [-0.1, -0.05) is 0 Å². The van der Waals surface area contributed by atoms with Crippen molar-refractivity contribution < 1.29 is 23.9 Å². The van der Waals surface area contributed by atoms with Crippen molar-refractivity contribution in [3.05, 3.63) is 0 Å². The quantitative estimate of drug-likeness (QED) is 0.580. The second kappa shape index (κ2) is 6.17. The first-order chi connectivity index (χ1) is 8.32. The molecule has 0 amide bonds. The maximum Gasteiger partial charge on any atom is 0.321 e. The van der Waals surface area contributed by atoms with Gasteiger partial charge >= 0.3 is 11.9 Å². The normalized spacial score (nSPS) is 12.2. The third-order valence-electron chi connectivity index (χ3n) is 1.87. The van der Waals surface area contributed by atoms with Crippen LogP contribution in [0.3, 0.4) is 0 Å². The van der Waals surface area contributed by atoms with Gasteiger partial charge in [0, 0.05) is 6.42 Å². The Labute approximate surface area is 114 Å². The maximum atomic E-state index is 11.9. The lowest BCUT2D eigenvalue weighted by Gasteiger charge is -2.25. The molecule has 0 aliphatic carbocycles. The van der Waals surface area contributed by atoms with Gasteiger partial charge in [-0.2, -0.15) is 0 Å². The van der Waals surface area contributed by atoms with E-state index in [0.717, 1.165) is 0 Å². The molecule has 5 heteroatoms. The van der Waals surface area contributed by atoms with Crippen LogP contribution in [0, 0.1) is 5.92 Å². The molecule has 110 valence electrons. The van der Waals surface area contributed by atoms with Crippen LogP contribution in [-0.2, 0) is 23.9 Å². The summed E-state index contributed by atoms with van der Waals surface area (Å²) >= 11 is 0. The Balaban J connectivity index is 4.95. The van der Waals surface area contributed by atoms with E-state index in [1.807, 2.05) is 0 Å². The SMILES string of the molecule is CC(=O)CC(C(=O)OC(C)(C)C)C(=O)OC(C)(C)C. The number of ether oxygens (including phenoxy) is 2. The van der Waals surface area contributed by atoms with Gasteiger partial charge in [0.25, 0.3) is 0 Å². The van der Waals surface area contributed by atoms with Crippen molar-refractivity contribution in [2.24, 2.45) is 5.92 Å². The number of hydrogen-bond donors (Lipinski definition) is 0. The zero-order valence-corrected chi connectivity index (χ0v) is 12.8. The highest BCUT2D eigenvalue weighted by Crippen LogP contribution is 2.18. The second-order valence-electron chi connectivity index (χ2n) is 6.53. The van der Waals surface area contributed by atoms with Gasteiger partial charge < -0.3 is 9.47 Å². The highest BCUT2D eigenvalue weighted by molar-refractivity contribution is 5.99. The molecule has 0 heterocycles. The van der Waals surface area contributed by atoms with Crippen LogP contribution < -0.4 is 0 Å². The van der Waals surface area contributed by atoms with Gasteiger partial charge in [-0.25, -0.2) is 0 Å². The number of Topliss-reactive ketones (excluding diaryl/α,β-unsaturated/α-hetero) is 1. The Hall–Kier alpha value is -1.39. The predicted octanol–water partition coefficient (Wildman–Crippen LogP) is 2.27. The predicted molar refractivity (Wildman–Crippen MR) is 70.5 cm³/mol. The Morgan fingerprint density at radius 1 is 0.842 bits per heavy atom. The van der Waals surface area contributed by atoms with Crippen LogP contribution >= 0.6 is 0 Å². The molecule has 0 spiro atoms. The molecule has 5 nitrogen and oxygen atoms in total. The topological polar surface area (TPSA) is 69.7 Å². The van der Waals surface area contributed by atoms with E-state index < -0.39 is 29.1 Å². The Morgan fingerprint density at radius 3 is 1.37 bits per heavy atom. The summed E-state index contributed by atoms with van der Waals surface area (Å²) in [6, 6.07) is 0. The van der Waals surface area contributed by atoms with Crippen molar-refractivity contribution in [1.29, 1.82) is 0 Å². The lowest BCUT2D eigenvalue weighted by Crippen LogP contribution is -2.37. The number of carbonyl (C=O) groups excluding carboxylic acids is 3. The number of hydrogen-bond acceptors (Lipinski definition) is 5. The van der Waals surface area contributed by atoms with Crippen molar-refractivity contribution in [2.75, 3.05) is 0 Å². The van der Waals surface area contributed by atoms with Gasteiger partial charge in [-0.05, 0) is 48.5 Å². The molecule has 0 aliphatic heterocycles. The summed E-state index contributed by atoms with van der Waals surface area (Å²) in [5.41, 5.74) is -1.43. The molecular weight excluding hydrogens is 248 g/mol. The van der Waals surface area contributed by atoms with E-state index in [-0.39, 0.29) is 12.2 Å². The molecule has 0 atom stereocenters. The molecule has 0 unspecified atom stereocenters. The van der Waals surface area contributed by atoms with Crippen LogP contribution in [0.25, 0.3) is 0 Å². The molecule has 19 heavy (non-hydrogen) atoms. The maximum absolute atomic E-state index is 11.9. The molecule has 0 aromatic heterocycles. The van der Waals surface area contributed by atoms with Crippen LogP contribution in [0.5, 0.6) is 0 Å². The molecule has 0 N–H and O–H groups in total. The molecule has 0 saturated carbocycles. The lowest BCUT2D eigenvalue weighted by atomic mass is 10.0. The smallest absolute Gasteiger partial charge is 0.321 e. The van der Waals surface area contributed by atoms with E-state index in [9.17, 15) is 14.4 Å². The molecule has 0 rings (SSSR count). The van der Waals surface area contributed by atoms with Crippen LogP contribution in [0.15, 0.2) is 0 Å². The van der Waals surface area contributed by atoms with Gasteiger partial charge in [-0.15, -0.1) is 0 Å². The first kappa shape index (κ1) is 17.6. The molecule has 0 saturated heterocycles. The summed E-state index contributed by atoms with van der Waals surface area (Å²) in [5, 5.41) is 0. The fraction of sp³-hybridized carbons (Fsp3) is 0.786. The average Bonchev–Trinajstić information content (AvgIpc) is 2.07. The Bertz CT molecular complexity index is 329. The van der Waals surface area contributed by atoms with Gasteiger partial charge in [0.15, 0.2) is 5.92 Å². The minimum atomic E-state index is -1.20. The molecule has 0 aliphatic rings. The number of rotatable bonds is 4. The molecule has 0 aromatic carbocycles. The molecule has 0 bridgehead atoms. The van der Waals surface area contributed by atoms with Crippen LogP contribution in [0.2, 0.25) is 0 Å². The molecule has 0 radical (unpaired) electrons. The zero-order valence-electron chi connectivity index (χ0n) is 12.8. The van der Waals surface area contributed by atoms with Crippen LogP contribution in [0.4, 0.5) is 0 Å². The first-order valence-electron chi connectivity index (χ1n) is 6.27. The summed E-state index contributed by atoms with van der Waals surface area (Å²) in [6.07, 6.45) is -0.205. The number of esters is 2. The van der Waals surface area contributed by atoms with Gasteiger partial charge in [0.1, 0.15) is 17.0 Å². The molecule has 0 fully saturated rings. The van der Waals surface area contributed by atoms with Crippen molar-refractivity contribution in [3.63, 3.8) is 0 Å². The first-order valence-corrected chi connectivity index (χ1v) is 6.27. The average molecular weight is 272 g/mol. The van der Waals surface area contributed by atoms with Crippen molar-refractivity contribution >= 4 is 17.7 Å². The number of carbonyl (C=O) groups is 3. The second-order valence-corrected chi connectivity index (χ2v) is 6.53. The van der Waals surface area contributed by atoms with Crippen molar-refractivity contribution in [3.8, 4) is 0 Å². The van der Waals surface area contributed by atoms with Crippen molar-refractivity contribution in [1.82, 2.24) is 0 Å². The minimum absolute atomic E-state index is 0.205. The Kier molecular flexibility index (Phi) is 5.72. The van der Waals surface area contributed by atoms with Crippen LogP contribution in [0.1, 0.15) is 54.9 Å². The van der Waals surface area contributed by atoms with Gasteiger partial charge in [0.2, 0.25) is 0 Å². The summed E-state index contributed by atoms with van der Waals surface area (Å²) in [7, 11) is 0. The van der Waals surface area contributed by atoms with Gasteiger partial charge in [-0.3, -0.25) is 14.4 Å². The Morgan fingerprint density at radius 2 is 1.16 bits per heavy atom. The summed E-state index contributed by atoms with van der Waals surface area (Å²) < 4.78 is 10.3. The molecule has 0 aromatic rings. The largest absolute Gasteiger partial charge is 0.459 e. The highest BCUT2D eigenvalue weighted by Gasteiger charge is 2.35. The van der Waals surface area contributed by atoms with E-state index in [2.05, 4.69) is 0 Å².